The van der Waals surface area contributed by atoms with Crippen LogP contribution in [0.25, 0.3) is 17.0 Å². The molecule has 0 unspecified atom stereocenters. The summed E-state index contributed by atoms with van der Waals surface area (Å²) >= 11 is 6.07. The van der Waals surface area contributed by atoms with E-state index in [1.807, 2.05) is 31.2 Å². The zero-order valence-corrected chi connectivity index (χ0v) is 9.70. The van der Waals surface area contributed by atoms with Crippen molar-refractivity contribution in [3.8, 4) is 0 Å². The molecule has 1 heterocycles. The van der Waals surface area contributed by atoms with Crippen molar-refractivity contribution in [3.05, 3.63) is 46.6 Å². The van der Waals surface area contributed by atoms with E-state index in [1.54, 1.807) is 12.2 Å². The Morgan fingerprint density at radius 3 is 3.00 bits per heavy atom. The maximum absolute atomic E-state index is 8.73. The summed E-state index contributed by atoms with van der Waals surface area (Å²) in [7, 11) is 0. The molecule has 0 saturated carbocycles. The molecule has 0 spiro atoms. The highest BCUT2D eigenvalue weighted by molar-refractivity contribution is 6.31. The highest BCUT2D eigenvalue weighted by atomic mass is 35.5. The Bertz CT molecular complexity index is 549. The van der Waals surface area contributed by atoms with Gasteiger partial charge in [-0.25, -0.2) is 4.98 Å². The van der Waals surface area contributed by atoms with Crippen LogP contribution in [0.2, 0.25) is 5.15 Å². The first kappa shape index (κ1) is 11.1. The predicted molar refractivity (Wildman–Crippen MR) is 67.6 cm³/mol. The monoisotopic (exact) mass is 233 g/mol. The highest BCUT2D eigenvalue weighted by Gasteiger charge is 2.03. The summed E-state index contributed by atoms with van der Waals surface area (Å²) in [6.45, 7) is 2.01. The second-order valence-electron chi connectivity index (χ2n) is 3.60. The molecule has 0 bridgehead atoms. The summed E-state index contributed by atoms with van der Waals surface area (Å²) in [5.74, 6) is 0. The Labute approximate surface area is 99.2 Å². The summed E-state index contributed by atoms with van der Waals surface area (Å²) < 4.78 is 0. The van der Waals surface area contributed by atoms with Gasteiger partial charge < -0.3 is 5.11 Å². The highest BCUT2D eigenvalue weighted by Crippen LogP contribution is 2.23. The second kappa shape index (κ2) is 4.64. The van der Waals surface area contributed by atoms with Gasteiger partial charge in [-0.2, -0.15) is 0 Å². The van der Waals surface area contributed by atoms with Crippen LogP contribution in [0.3, 0.4) is 0 Å². The van der Waals surface area contributed by atoms with Crippen molar-refractivity contribution in [2.24, 2.45) is 0 Å². The van der Waals surface area contributed by atoms with Gasteiger partial charge in [0.2, 0.25) is 0 Å². The van der Waals surface area contributed by atoms with Crippen LogP contribution in [0.5, 0.6) is 0 Å². The third-order valence-corrected chi connectivity index (χ3v) is 2.73. The predicted octanol–water partition coefficient (Wildman–Crippen LogP) is 3.20. The lowest BCUT2D eigenvalue weighted by atomic mass is 10.1. The van der Waals surface area contributed by atoms with E-state index < -0.39 is 0 Å². The third-order valence-electron chi connectivity index (χ3n) is 2.43. The molecule has 1 aromatic carbocycles. The van der Waals surface area contributed by atoms with Gasteiger partial charge in [0.1, 0.15) is 5.15 Å². The summed E-state index contributed by atoms with van der Waals surface area (Å²) in [6.07, 6.45) is 3.42. The smallest absolute Gasteiger partial charge is 0.136 e. The van der Waals surface area contributed by atoms with Crippen LogP contribution in [-0.4, -0.2) is 16.7 Å². The molecule has 2 rings (SSSR count). The molecule has 0 aliphatic heterocycles. The molecule has 2 aromatic rings. The minimum absolute atomic E-state index is 0.00217. The number of fused-ring (bicyclic) bond motifs is 1. The van der Waals surface area contributed by atoms with E-state index in [9.17, 15) is 0 Å². The maximum atomic E-state index is 8.73. The molecular formula is C13H12ClNO. The largest absolute Gasteiger partial charge is 0.392 e. The normalized spacial score (nSPS) is 11.4. The van der Waals surface area contributed by atoms with E-state index in [1.165, 1.54) is 0 Å². The molecule has 3 heteroatoms. The topological polar surface area (TPSA) is 33.1 Å². The van der Waals surface area contributed by atoms with Gasteiger partial charge in [-0.3, -0.25) is 0 Å². The van der Waals surface area contributed by atoms with E-state index in [0.717, 1.165) is 22.0 Å². The number of nitrogens with zero attached hydrogens (tertiary/aromatic N) is 1. The number of hydrogen-bond donors (Lipinski definition) is 1. The molecule has 0 saturated heterocycles. The van der Waals surface area contributed by atoms with Crippen molar-refractivity contribution in [2.45, 2.75) is 6.92 Å². The van der Waals surface area contributed by atoms with Gasteiger partial charge in [-0.05, 0) is 18.6 Å². The maximum Gasteiger partial charge on any atom is 0.136 e. The van der Waals surface area contributed by atoms with Crippen molar-refractivity contribution < 1.29 is 5.11 Å². The fourth-order valence-corrected chi connectivity index (χ4v) is 1.84. The van der Waals surface area contributed by atoms with Crippen molar-refractivity contribution in [3.63, 3.8) is 0 Å². The van der Waals surface area contributed by atoms with Crippen LogP contribution in [-0.2, 0) is 0 Å². The average Bonchev–Trinajstić information content (AvgIpc) is 2.28. The average molecular weight is 234 g/mol. The first-order valence-electron chi connectivity index (χ1n) is 5.05. The fraction of sp³-hybridized carbons (Fsp3) is 0.154. The quantitative estimate of drug-likeness (QED) is 0.808. The molecule has 1 N–H and O–H groups in total. The Hall–Kier alpha value is -1.38. The summed E-state index contributed by atoms with van der Waals surface area (Å²) in [4.78, 5) is 4.36. The molecule has 0 radical (unpaired) electrons. The number of aliphatic hydroxyl groups excluding tert-OH is 1. The number of hydrogen-bond acceptors (Lipinski definition) is 2. The number of rotatable bonds is 2. The van der Waals surface area contributed by atoms with Gasteiger partial charge in [0, 0.05) is 10.9 Å². The number of pyridine rings is 1. The van der Waals surface area contributed by atoms with Crippen molar-refractivity contribution in [1.29, 1.82) is 0 Å². The van der Waals surface area contributed by atoms with Gasteiger partial charge >= 0.3 is 0 Å². The molecule has 0 fully saturated rings. The van der Waals surface area contributed by atoms with Gasteiger partial charge in [-0.15, -0.1) is 0 Å². The van der Waals surface area contributed by atoms with Crippen LogP contribution in [0.4, 0.5) is 0 Å². The van der Waals surface area contributed by atoms with Crippen LogP contribution in [0.1, 0.15) is 11.1 Å². The van der Waals surface area contributed by atoms with Crippen molar-refractivity contribution in [2.75, 3.05) is 6.61 Å². The van der Waals surface area contributed by atoms with Crippen molar-refractivity contribution >= 4 is 28.6 Å². The number of aryl methyl sites for hydroxylation is 1. The molecule has 1 aromatic heterocycles. The van der Waals surface area contributed by atoms with Crippen LogP contribution in [0, 0.1) is 6.92 Å². The Balaban J connectivity index is 2.63. The molecule has 0 aliphatic rings. The molecule has 16 heavy (non-hydrogen) atoms. The first-order chi connectivity index (χ1) is 7.72. The van der Waals surface area contributed by atoms with Gasteiger partial charge in [0.15, 0.2) is 0 Å². The molecule has 2 nitrogen and oxygen atoms in total. The van der Waals surface area contributed by atoms with Crippen LogP contribution in [0.15, 0.2) is 30.3 Å². The van der Waals surface area contributed by atoms with Crippen LogP contribution >= 0.6 is 11.6 Å². The molecule has 82 valence electrons. The minimum Gasteiger partial charge on any atom is -0.392 e. The number of aromatic nitrogens is 1. The Kier molecular flexibility index (Phi) is 3.22. The molecule has 0 amide bonds. The van der Waals surface area contributed by atoms with Crippen LogP contribution < -0.4 is 0 Å². The number of benzene rings is 1. The number of aliphatic hydroxyl groups is 1. The lowest BCUT2D eigenvalue weighted by Gasteiger charge is -2.04. The summed E-state index contributed by atoms with van der Waals surface area (Å²) in [6, 6.07) is 7.98. The third kappa shape index (κ3) is 2.08. The zero-order chi connectivity index (χ0) is 11.5. The molecule has 0 aliphatic carbocycles. The van der Waals surface area contributed by atoms with E-state index in [4.69, 9.17) is 16.7 Å². The fourth-order valence-electron chi connectivity index (χ4n) is 1.64. The second-order valence-corrected chi connectivity index (χ2v) is 3.96. The first-order valence-corrected chi connectivity index (χ1v) is 5.43. The van der Waals surface area contributed by atoms with E-state index in [0.29, 0.717) is 5.15 Å². The minimum atomic E-state index is 0.00217. The number of para-hydroxylation sites is 1. The number of halogens is 1. The Morgan fingerprint density at radius 1 is 1.44 bits per heavy atom. The van der Waals surface area contributed by atoms with E-state index in [2.05, 4.69) is 4.98 Å². The van der Waals surface area contributed by atoms with Gasteiger partial charge in [0.05, 0.1) is 12.1 Å². The molecule has 0 atom stereocenters. The summed E-state index contributed by atoms with van der Waals surface area (Å²) in [5, 5.41) is 10.2. The lowest BCUT2D eigenvalue weighted by Crippen LogP contribution is -1.87. The molecular weight excluding hydrogens is 222 g/mol. The SMILES string of the molecule is Cc1cccc2cc(C=CCO)c(Cl)nc12. The van der Waals surface area contributed by atoms with E-state index in [-0.39, 0.29) is 6.61 Å². The Morgan fingerprint density at radius 2 is 2.25 bits per heavy atom. The van der Waals surface area contributed by atoms with E-state index >= 15 is 0 Å². The summed E-state index contributed by atoms with van der Waals surface area (Å²) in [5.41, 5.74) is 2.86. The zero-order valence-electron chi connectivity index (χ0n) is 8.94. The lowest BCUT2D eigenvalue weighted by molar-refractivity contribution is 0.343. The standard InChI is InChI=1S/C13H12ClNO/c1-9-4-2-5-10-8-11(6-3-7-16)13(14)15-12(9)10/h2-6,8,16H,7H2,1H3. The van der Waals surface area contributed by atoms with Gasteiger partial charge in [0.25, 0.3) is 0 Å². The van der Waals surface area contributed by atoms with Crippen molar-refractivity contribution in [1.82, 2.24) is 4.98 Å². The van der Waals surface area contributed by atoms with Gasteiger partial charge in [-0.1, -0.05) is 42.0 Å².